The summed E-state index contributed by atoms with van der Waals surface area (Å²) in [6.45, 7) is 0.752. The molecule has 7 nitrogen and oxygen atoms in total. The van der Waals surface area contributed by atoms with Crippen LogP contribution in [0.15, 0.2) is 6.33 Å². The molecule has 18 heavy (non-hydrogen) atoms. The predicted octanol–water partition coefficient (Wildman–Crippen LogP) is -0.471. The molecule has 0 unspecified atom stereocenters. The number of aromatic nitrogens is 3. The van der Waals surface area contributed by atoms with Crippen LogP contribution in [0.2, 0.25) is 0 Å². The van der Waals surface area contributed by atoms with Gasteiger partial charge in [0.05, 0.1) is 6.61 Å². The van der Waals surface area contributed by atoms with Gasteiger partial charge in [0.1, 0.15) is 12.9 Å². The number of aliphatic hydroxyl groups excluding tert-OH is 1. The summed E-state index contributed by atoms with van der Waals surface area (Å²) in [5.74, 6) is 0.0186. The summed E-state index contributed by atoms with van der Waals surface area (Å²) in [5.41, 5.74) is 5.23. The van der Waals surface area contributed by atoms with E-state index in [9.17, 15) is 9.90 Å². The van der Waals surface area contributed by atoms with Crippen molar-refractivity contribution in [1.29, 1.82) is 0 Å². The number of carbonyl (C=O) groups is 1. The third-order valence-corrected chi connectivity index (χ3v) is 3.52. The number of hydrogen-bond donors (Lipinski definition) is 3. The van der Waals surface area contributed by atoms with Gasteiger partial charge in [0.2, 0.25) is 11.9 Å². The molecule has 1 fully saturated rings. The Hall–Kier alpha value is -1.63. The normalized spacial score (nSPS) is 17.8. The van der Waals surface area contributed by atoms with E-state index in [1.165, 1.54) is 11.0 Å². The molecule has 1 aromatic heterocycles. The van der Waals surface area contributed by atoms with Crippen LogP contribution >= 0.6 is 0 Å². The molecule has 100 valence electrons. The first kappa shape index (κ1) is 12.8. The molecule has 2 rings (SSSR count). The monoisotopic (exact) mass is 253 g/mol. The molecule has 0 aromatic carbocycles. The number of nitrogens with one attached hydrogen (secondary N) is 1. The van der Waals surface area contributed by atoms with E-state index >= 15 is 0 Å². The summed E-state index contributed by atoms with van der Waals surface area (Å²) in [6, 6.07) is 0. The molecular formula is C11H19N5O2. The van der Waals surface area contributed by atoms with Gasteiger partial charge in [0, 0.05) is 12.0 Å². The highest BCUT2D eigenvalue weighted by molar-refractivity contribution is 5.75. The van der Waals surface area contributed by atoms with Crippen LogP contribution in [0.5, 0.6) is 0 Å². The van der Waals surface area contributed by atoms with Crippen molar-refractivity contribution in [2.75, 3.05) is 18.9 Å². The Morgan fingerprint density at radius 1 is 1.56 bits per heavy atom. The molecule has 0 aliphatic heterocycles. The van der Waals surface area contributed by atoms with Gasteiger partial charge in [-0.05, 0) is 12.8 Å². The number of anilines is 1. The molecule has 0 bridgehead atoms. The van der Waals surface area contributed by atoms with Crippen molar-refractivity contribution in [2.24, 2.45) is 5.41 Å². The molecule has 7 heteroatoms. The van der Waals surface area contributed by atoms with Crippen LogP contribution in [0.1, 0.15) is 25.7 Å². The number of nitrogens with two attached hydrogens (primary N) is 1. The first-order chi connectivity index (χ1) is 8.63. The van der Waals surface area contributed by atoms with Crippen LogP contribution in [0, 0.1) is 5.41 Å². The van der Waals surface area contributed by atoms with Gasteiger partial charge in [-0.1, -0.05) is 12.8 Å². The fourth-order valence-corrected chi connectivity index (χ4v) is 2.39. The van der Waals surface area contributed by atoms with Gasteiger partial charge in [0.25, 0.3) is 0 Å². The van der Waals surface area contributed by atoms with Crippen molar-refractivity contribution in [1.82, 2.24) is 20.1 Å². The van der Waals surface area contributed by atoms with Crippen molar-refractivity contribution in [2.45, 2.75) is 32.2 Å². The minimum Gasteiger partial charge on any atom is -0.396 e. The quantitative estimate of drug-likeness (QED) is 0.657. The highest BCUT2D eigenvalue weighted by Crippen LogP contribution is 2.36. The zero-order valence-corrected chi connectivity index (χ0v) is 10.3. The largest absolute Gasteiger partial charge is 0.396 e. The van der Waals surface area contributed by atoms with Crippen molar-refractivity contribution in [3.8, 4) is 0 Å². The van der Waals surface area contributed by atoms with Crippen molar-refractivity contribution < 1.29 is 9.90 Å². The number of rotatable bonds is 5. The Balaban J connectivity index is 1.81. The Kier molecular flexibility index (Phi) is 3.81. The van der Waals surface area contributed by atoms with E-state index in [1.807, 2.05) is 0 Å². The van der Waals surface area contributed by atoms with Crippen LogP contribution in [0.25, 0.3) is 0 Å². The summed E-state index contributed by atoms with van der Waals surface area (Å²) in [6.07, 6.45) is 5.61. The van der Waals surface area contributed by atoms with Crippen molar-refractivity contribution >= 4 is 11.9 Å². The van der Waals surface area contributed by atoms with Gasteiger partial charge in [-0.15, -0.1) is 5.10 Å². The van der Waals surface area contributed by atoms with E-state index in [4.69, 9.17) is 5.73 Å². The SMILES string of the molecule is Nc1ncn(CC(=O)NCC2(CO)CCCC2)n1. The standard InChI is InChI=1S/C11H19N5O2/c12-10-14-8-16(15-10)5-9(18)13-6-11(7-17)3-1-2-4-11/h8,17H,1-7H2,(H2,12,15)(H,13,18). The average Bonchev–Trinajstić information content (AvgIpc) is 2.97. The van der Waals surface area contributed by atoms with E-state index in [0.29, 0.717) is 6.54 Å². The van der Waals surface area contributed by atoms with Crippen LogP contribution in [-0.4, -0.2) is 38.9 Å². The number of hydrogen-bond acceptors (Lipinski definition) is 5. The summed E-state index contributed by atoms with van der Waals surface area (Å²) in [4.78, 5) is 15.5. The van der Waals surface area contributed by atoms with Gasteiger partial charge in [-0.2, -0.15) is 0 Å². The van der Waals surface area contributed by atoms with Crippen molar-refractivity contribution in [3.63, 3.8) is 0 Å². The van der Waals surface area contributed by atoms with Crippen molar-refractivity contribution in [3.05, 3.63) is 6.33 Å². The third-order valence-electron chi connectivity index (χ3n) is 3.52. The number of nitrogen functional groups attached to an aromatic ring is 1. The minimum absolute atomic E-state index is 0.103. The van der Waals surface area contributed by atoms with Crippen LogP contribution in [0.4, 0.5) is 5.95 Å². The van der Waals surface area contributed by atoms with E-state index in [-0.39, 0.29) is 30.4 Å². The van der Waals surface area contributed by atoms with Gasteiger partial charge in [0.15, 0.2) is 0 Å². The molecule has 0 spiro atoms. The molecule has 0 atom stereocenters. The second kappa shape index (κ2) is 5.34. The van der Waals surface area contributed by atoms with Crippen LogP contribution < -0.4 is 11.1 Å². The molecule has 1 aliphatic rings. The van der Waals surface area contributed by atoms with E-state index in [1.54, 1.807) is 0 Å². The van der Waals surface area contributed by atoms with Gasteiger partial charge in [-0.3, -0.25) is 4.79 Å². The maximum absolute atomic E-state index is 11.7. The third kappa shape index (κ3) is 2.98. The highest BCUT2D eigenvalue weighted by atomic mass is 16.3. The fraction of sp³-hybridized carbons (Fsp3) is 0.727. The molecule has 0 radical (unpaired) electrons. The maximum Gasteiger partial charge on any atom is 0.241 e. The molecule has 1 heterocycles. The Morgan fingerprint density at radius 2 is 2.28 bits per heavy atom. The lowest BCUT2D eigenvalue weighted by molar-refractivity contribution is -0.122. The number of aliphatic hydroxyl groups is 1. The van der Waals surface area contributed by atoms with E-state index in [2.05, 4.69) is 15.4 Å². The lowest BCUT2D eigenvalue weighted by Crippen LogP contribution is -2.39. The van der Waals surface area contributed by atoms with Crippen LogP contribution in [-0.2, 0) is 11.3 Å². The van der Waals surface area contributed by atoms with Gasteiger partial charge in [-0.25, -0.2) is 9.67 Å². The fourth-order valence-electron chi connectivity index (χ4n) is 2.39. The average molecular weight is 253 g/mol. The summed E-state index contributed by atoms with van der Waals surface area (Å²) < 4.78 is 1.39. The maximum atomic E-state index is 11.7. The summed E-state index contributed by atoms with van der Waals surface area (Å²) in [5, 5.41) is 16.1. The lowest BCUT2D eigenvalue weighted by atomic mass is 9.87. The number of nitrogens with zero attached hydrogens (tertiary/aromatic N) is 3. The zero-order valence-electron chi connectivity index (χ0n) is 10.3. The lowest BCUT2D eigenvalue weighted by Gasteiger charge is -2.26. The first-order valence-corrected chi connectivity index (χ1v) is 6.16. The van der Waals surface area contributed by atoms with Gasteiger partial charge < -0.3 is 16.2 Å². The Morgan fingerprint density at radius 3 is 2.83 bits per heavy atom. The molecule has 4 N–H and O–H groups in total. The smallest absolute Gasteiger partial charge is 0.241 e. The van der Waals surface area contributed by atoms with E-state index in [0.717, 1.165) is 25.7 Å². The van der Waals surface area contributed by atoms with Gasteiger partial charge >= 0.3 is 0 Å². The topological polar surface area (TPSA) is 106 Å². The van der Waals surface area contributed by atoms with Crippen LogP contribution in [0.3, 0.4) is 0 Å². The molecule has 1 saturated carbocycles. The second-order valence-corrected chi connectivity index (χ2v) is 4.94. The Labute approximate surface area is 105 Å². The second-order valence-electron chi connectivity index (χ2n) is 4.94. The zero-order chi connectivity index (χ0) is 13.0. The first-order valence-electron chi connectivity index (χ1n) is 6.16. The molecule has 1 aliphatic carbocycles. The summed E-state index contributed by atoms with van der Waals surface area (Å²) in [7, 11) is 0. The molecule has 0 saturated heterocycles. The van der Waals surface area contributed by atoms with E-state index < -0.39 is 0 Å². The minimum atomic E-state index is -0.139. The molecule has 1 amide bonds. The number of amides is 1. The summed E-state index contributed by atoms with van der Waals surface area (Å²) >= 11 is 0. The number of carbonyl (C=O) groups excluding carboxylic acids is 1. The molecule has 1 aromatic rings. The predicted molar refractivity (Wildman–Crippen MR) is 65.4 cm³/mol. The highest BCUT2D eigenvalue weighted by Gasteiger charge is 2.33. The molecular weight excluding hydrogens is 234 g/mol. The Bertz CT molecular complexity index is 411.